The third-order valence-corrected chi connectivity index (χ3v) is 1.65. The third kappa shape index (κ3) is 3.26. The summed E-state index contributed by atoms with van der Waals surface area (Å²) in [6.07, 6.45) is 0. The van der Waals surface area contributed by atoms with Crippen molar-refractivity contribution in [2.45, 2.75) is 6.92 Å². The number of urea groups is 1. The average Bonchev–Trinajstić information content (AvgIpc) is 2.18. The van der Waals surface area contributed by atoms with Crippen LogP contribution in [-0.4, -0.2) is 17.5 Å². The van der Waals surface area contributed by atoms with Crippen molar-refractivity contribution >= 4 is 17.4 Å². The van der Waals surface area contributed by atoms with E-state index in [1.807, 2.05) is 0 Å². The molecule has 0 unspecified atom stereocenters. The van der Waals surface area contributed by atoms with Crippen molar-refractivity contribution in [3.63, 3.8) is 0 Å². The van der Waals surface area contributed by atoms with Gasteiger partial charge < -0.3 is 10.6 Å². The zero-order valence-electron chi connectivity index (χ0n) is 8.19. The highest BCUT2D eigenvalue weighted by atomic mass is 16.6. The lowest BCUT2D eigenvalue weighted by Gasteiger charge is -2.04. The van der Waals surface area contributed by atoms with Crippen LogP contribution in [-0.2, 0) is 0 Å². The van der Waals surface area contributed by atoms with E-state index in [4.69, 9.17) is 0 Å². The quantitative estimate of drug-likeness (QED) is 0.587. The highest BCUT2D eigenvalue weighted by Crippen LogP contribution is 2.16. The van der Waals surface area contributed by atoms with Gasteiger partial charge in [-0.3, -0.25) is 10.1 Å². The lowest BCUT2D eigenvalue weighted by atomic mass is 10.3. The number of benzene rings is 1. The van der Waals surface area contributed by atoms with Crippen LogP contribution in [0.15, 0.2) is 24.3 Å². The minimum atomic E-state index is -0.511. The van der Waals surface area contributed by atoms with E-state index in [9.17, 15) is 14.9 Å². The first kappa shape index (κ1) is 11.0. The first-order valence-corrected chi connectivity index (χ1v) is 4.42. The Morgan fingerprint density at radius 1 is 1.53 bits per heavy atom. The lowest BCUT2D eigenvalue weighted by Crippen LogP contribution is -2.28. The Bertz CT molecular complexity index is 379. The van der Waals surface area contributed by atoms with Crippen molar-refractivity contribution in [2.24, 2.45) is 0 Å². The van der Waals surface area contributed by atoms with Crippen molar-refractivity contribution in [3.8, 4) is 0 Å². The van der Waals surface area contributed by atoms with Crippen molar-refractivity contribution in [1.29, 1.82) is 0 Å². The van der Waals surface area contributed by atoms with Crippen LogP contribution in [0.4, 0.5) is 16.2 Å². The molecule has 0 aromatic heterocycles. The predicted octanol–water partition coefficient (Wildman–Crippen LogP) is 1.74. The summed E-state index contributed by atoms with van der Waals surface area (Å²) in [5.74, 6) is 0. The van der Waals surface area contributed by atoms with Crippen molar-refractivity contribution in [3.05, 3.63) is 34.4 Å². The molecule has 6 heteroatoms. The molecule has 0 saturated carbocycles. The predicted molar refractivity (Wildman–Crippen MR) is 55.8 cm³/mol. The Labute approximate surface area is 86.4 Å². The van der Waals surface area contributed by atoms with Crippen LogP contribution in [0.2, 0.25) is 0 Å². The Morgan fingerprint density at radius 3 is 2.87 bits per heavy atom. The summed E-state index contributed by atoms with van der Waals surface area (Å²) in [7, 11) is 0. The molecule has 1 aromatic rings. The Balaban J connectivity index is 2.73. The normalized spacial score (nSPS) is 9.40. The Morgan fingerprint density at radius 2 is 2.27 bits per heavy atom. The maximum absolute atomic E-state index is 11.1. The van der Waals surface area contributed by atoms with Crippen LogP contribution in [0.1, 0.15) is 6.92 Å². The van der Waals surface area contributed by atoms with Crippen LogP contribution in [0.25, 0.3) is 0 Å². The zero-order chi connectivity index (χ0) is 11.3. The maximum atomic E-state index is 11.1. The van der Waals surface area contributed by atoms with Gasteiger partial charge in [-0.1, -0.05) is 6.07 Å². The summed E-state index contributed by atoms with van der Waals surface area (Å²) in [6, 6.07) is 5.39. The number of amides is 2. The average molecular weight is 209 g/mol. The van der Waals surface area contributed by atoms with Gasteiger partial charge in [-0.05, 0) is 13.0 Å². The highest BCUT2D eigenvalue weighted by Gasteiger charge is 2.06. The number of carbonyl (C=O) groups excluding carboxylic acids is 1. The number of nitro groups is 1. The van der Waals surface area contributed by atoms with Gasteiger partial charge in [-0.25, -0.2) is 4.79 Å². The molecule has 1 rings (SSSR count). The zero-order valence-corrected chi connectivity index (χ0v) is 8.19. The summed E-state index contributed by atoms with van der Waals surface area (Å²) >= 11 is 0. The molecule has 80 valence electrons. The molecule has 0 spiro atoms. The van der Waals surface area contributed by atoms with Gasteiger partial charge in [-0.15, -0.1) is 0 Å². The summed E-state index contributed by atoms with van der Waals surface area (Å²) < 4.78 is 0. The number of nitrogens with zero attached hydrogens (tertiary/aromatic N) is 1. The topological polar surface area (TPSA) is 84.3 Å². The van der Waals surface area contributed by atoms with Gasteiger partial charge in [0.2, 0.25) is 0 Å². The Hall–Kier alpha value is -2.11. The molecule has 1 aromatic carbocycles. The minimum Gasteiger partial charge on any atom is -0.338 e. The number of non-ortho nitro benzene ring substituents is 1. The third-order valence-electron chi connectivity index (χ3n) is 1.65. The molecule has 15 heavy (non-hydrogen) atoms. The van der Waals surface area contributed by atoms with Gasteiger partial charge in [0.15, 0.2) is 0 Å². The number of carbonyl (C=O) groups is 1. The van der Waals surface area contributed by atoms with Crippen LogP contribution in [0.3, 0.4) is 0 Å². The van der Waals surface area contributed by atoms with Crippen molar-refractivity contribution in [1.82, 2.24) is 5.32 Å². The van der Waals surface area contributed by atoms with Gasteiger partial charge in [0, 0.05) is 24.4 Å². The molecule has 0 heterocycles. The van der Waals surface area contributed by atoms with Crippen LogP contribution in [0.5, 0.6) is 0 Å². The molecule has 0 aliphatic rings. The van der Waals surface area contributed by atoms with Crippen LogP contribution >= 0.6 is 0 Å². The molecule has 0 atom stereocenters. The van der Waals surface area contributed by atoms with Crippen molar-refractivity contribution in [2.75, 3.05) is 11.9 Å². The largest absolute Gasteiger partial charge is 0.338 e. The number of hydrogen-bond acceptors (Lipinski definition) is 3. The summed E-state index contributed by atoms with van der Waals surface area (Å²) in [5, 5.41) is 15.4. The smallest absolute Gasteiger partial charge is 0.319 e. The van der Waals surface area contributed by atoms with E-state index in [1.54, 1.807) is 13.0 Å². The summed E-state index contributed by atoms with van der Waals surface area (Å²) in [6.45, 7) is 2.29. The van der Waals surface area contributed by atoms with E-state index in [0.29, 0.717) is 12.2 Å². The van der Waals surface area contributed by atoms with E-state index in [0.717, 1.165) is 0 Å². The van der Waals surface area contributed by atoms with Crippen LogP contribution in [0, 0.1) is 10.1 Å². The van der Waals surface area contributed by atoms with Gasteiger partial charge in [0.1, 0.15) is 0 Å². The summed E-state index contributed by atoms with van der Waals surface area (Å²) in [5.41, 5.74) is 0.347. The van der Waals surface area contributed by atoms with E-state index < -0.39 is 4.92 Å². The second-order valence-electron chi connectivity index (χ2n) is 2.79. The fourth-order valence-electron chi connectivity index (χ4n) is 1.03. The van der Waals surface area contributed by atoms with Gasteiger partial charge >= 0.3 is 6.03 Å². The molecular weight excluding hydrogens is 198 g/mol. The fourth-order valence-corrected chi connectivity index (χ4v) is 1.03. The number of nitrogens with one attached hydrogen (secondary N) is 2. The summed E-state index contributed by atoms with van der Waals surface area (Å²) in [4.78, 5) is 21.0. The minimum absolute atomic E-state index is 0.0516. The first-order valence-electron chi connectivity index (χ1n) is 4.42. The monoisotopic (exact) mass is 209 g/mol. The number of rotatable bonds is 3. The number of anilines is 1. The second kappa shape index (κ2) is 4.94. The first-order chi connectivity index (χ1) is 7.13. The standard InChI is InChI=1S/C9H11N3O3/c1-2-10-9(13)11-7-4-3-5-8(6-7)12(14)15/h3-6H,2H2,1H3,(H2,10,11,13). The highest BCUT2D eigenvalue weighted by molar-refractivity contribution is 5.89. The SMILES string of the molecule is CCNC(=O)Nc1cccc([N+](=O)[O-])c1. The molecule has 0 radical (unpaired) electrons. The van der Waals surface area contributed by atoms with E-state index in [2.05, 4.69) is 10.6 Å². The van der Waals surface area contributed by atoms with Crippen molar-refractivity contribution < 1.29 is 9.72 Å². The molecular formula is C9H11N3O3. The van der Waals surface area contributed by atoms with Gasteiger partial charge in [0.05, 0.1) is 4.92 Å². The molecule has 0 fully saturated rings. The number of nitro benzene ring substituents is 1. The Kier molecular flexibility index (Phi) is 3.61. The lowest BCUT2D eigenvalue weighted by molar-refractivity contribution is -0.384. The van der Waals surface area contributed by atoms with Gasteiger partial charge in [0.25, 0.3) is 5.69 Å². The van der Waals surface area contributed by atoms with E-state index in [-0.39, 0.29) is 11.7 Å². The van der Waals surface area contributed by atoms with Crippen LogP contribution < -0.4 is 10.6 Å². The second-order valence-corrected chi connectivity index (χ2v) is 2.79. The molecule has 6 nitrogen and oxygen atoms in total. The van der Waals surface area contributed by atoms with E-state index in [1.165, 1.54) is 18.2 Å². The molecule has 0 aliphatic carbocycles. The van der Waals surface area contributed by atoms with E-state index >= 15 is 0 Å². The van der Waals surface area contributed by atoms with Gasteiger partial charge in [-0.2, -0.15) is 0 Å². The molecule has 2 amide bonds. The molecule has 0 saturated heterocycles. The maximum Gasteiger partial charge on any atom is 0.319 e. The molecule has 0 bridgehead atoms. The molecule has 2 N–H and O–H groups in total. The fraction of sp³-hybridized carbons (Fsp3) is 0.222. The number of hydrogen-bond donors (Lipinski definition) is 2. The molecule has 0 aliphatic heterocycles.